The van der Waals surface area contributed by atoms with Crippen LogP contribution in [0.1, 0.15) is 22.5 Å². The zero-order valence-corrected chi connectivity index (χ0v) is 12.1. The lowest BCUT2D eigenvalue weighted by molar-refractivity contribution is -0.122. The first kappa shape index (κ1) is 14.6. The van der Waals surface area contributed by atoms with Crippen molar-refractivity contribution in [1.82, 2.24) is 15.1 Å². The summed E-state index contributed by atoms with van der Waals surface area (Å²) < 4.78 is 1.59. The number of amides is 1. The van der Waals surface area contributed by atoms with E-state index in [0.717, 1.165) is 17.0 Å². The lowest BCUT2D eigenvalue weighted by atomic mass is 10.1. The molecule has 0 bridgehead atoms. The van der Waals surface area contributed by atoms with E-state index in [1.54, 1.807) is 22.9 Å². The van der Waals surface area contributed by atoms with Crippen LogP contribution in [0.15, 0.2) is 24.3 Å². The van der Waals surface area contributed by atoms with Crippen LogP contribution in [0.2, 0.25) is 0 Å². The van der Waals surface area contributed by atoms with Crippen molar-refractivity contribution in [3.05, 3.63) is 46.8 Å². The molecule has 0 fully saturated rings. The van der Waals surface area contributed by atoms with Gasteiger partial charge >= 0.3 is 0 Å². The number of benzene rings is 1. The van der Waals surface area contributed by atoms with E-state index >= 15 is 0 Å². The largest absolute Gasteiger partial charge is 0.396 e. The van der Waals surface area contributed by atoms with Gasteiger partial charge in [-0.25, -0.2) is 0 Å². The number of nitrogens with zero attached hydrogens (tertiary/aromatic N) is 3. The van der Waals surface area contributed by atoms with Gasteiger partial charge in [0, 0.05) is 6.54 Å². The summed E-state index contributed by atoms with van der Waals surface area (Å²) in [5.74, 6) is -0.150. The predicted molar refractivity (Wildman–Crippen MR) is 79.1 cm³/mol. The second kappa shape index (κ2) is 6.09. The highest BCUT2D eigenvalue weighted by Gasteiger charge is 2.11. The first-order valence-electron chi connectivity index (χ1n) is 6.56. The molecule has 0 aliphatic rings. The minimum Gasteiger partial charge on any atom is -0.396 e. The van der Waals surface area contributed by atoms with Gasteiger partial charge < -0.3 is 11.1 Å². The minimum absolute atomic E-state index is 0.127. The molecule has 0 saturated carbocycles. The fraction of sp³-hybridized carbons (Fsp3) is 0.267. The number of hydrogen-bond acceptors (Lipinski definition) is 4. The monoisotopic (exact) mass is 283 g/mol. The van der Waals surface area contributed by atoms with E-state index in [-0.39, 0.29) is 12.5 Å². The number of anilines is 1. The molecular formula is C15H17N5O. The molecule has 6 nitrogen and oxygen atoms in total. The third kappa shape index (κ3) is 3.39. The van der Waals surface area contributed by atoms with Gasteiger partial charge in [0.2, 0.25) is 5.91 Å². The molecule has 0 unspecified atom stereocenters. The molecule has 1 aromatic carbocycles. The lowest BCUT2D eigenvalue weighted by Crippen LogP contribution is -2.28. The van der Waals surface area contributed by atoms with Crippen LogP contribution < -0.4 is 11.1 Å². The third-order valence-electron chi connectivity index (χ3n) is 3.28. The fourth-order valence-electron chi connectivity index (χ4n) is 2.01. The first-order valence-corrected chi connectivity index (χ1v) is 6.56. The number of rotatable bonds is 4. The van der Waals surface area contributed by atoms with Gasteiger partial charge in [-0.15, -0.1) is 0 Å². The molecule has 3 N–H and O–H groups in total. The molecule has 0 aliphatic carbocycles. The van der Waals surface area contributed by atoms with Crippen molar-refractivity contribution in [1.29, 1.82) is 5.26 Å². The van der Waals surface area contributed by atoms with Crippen LogP contribution in [0.4, 0.5) is 5.69 Å². The van der Waals surface area contributed by atoms with Crippen molar-refractivity contribution in [3.8, 4) is 6.07 Å². The smallest absolute Gasteiger partial charge is 0.242 e. The van der Waals surface area contributed by atoms with E-state index in [2.05, 4.69) is 16.5 Å². The molecule has 0 radical (unpaired) electrons. The maximum absolute atomic E-state index is 11.9. The van der Waals surface area contributed by atoms with Gasteiger partial charge in [-0.1, -0.05) is 12.1 Å². The number of carbonyl (C=O) groups is 1. The molecule has 6 heteroatoms. The van der Waals surface area contributed by atoms with Crippen molar-refractivity contribution >= 4 is 11.6 Å². The fourth-order valence-corrected chi connectivity index (χ4v) is 2.01. The summed E-state index contributed by atoms with van der Waals surface area (Å²) in [6, 6.07) is 9.21. The molecule has 0 aliphatic heterocycles. The Morgan fingerprint density at radius 3 is 2.86 bits per heavy atom. The topological polar surface area (TPSA) is 96.7 Å². The highest BCUT2D eigenvalue weighted by Crippen LogP contribution is 2.14. The van der Waals surface area contributed by atoms with Crippen molar-refractivity contribution in [2.75, 3.05) is 5.73 Å². The van der Waals surface area contributed by atoms with Crippen LogP contribution in [-0.4, -0.2) is 15.7 Å². The summed E-state index contributed by atoms with van der Waals surface area (Å²) in [7, 11) is 0. The molecule has 2 rings (SSSR count). The molecule has 1 heterocycles. The zero-order chi connectivity index (χ0) is 15.4. The van der Waals surface area contributed by atoms with Gasteiger partial charge in [-0.05, 0) is 31.5 Å². The minimum atomic E-state index is -0.150. The van der Waals surface area contributed by atoms with Crippen LogP contribution in [0, 0.1) is 25.2 Å². The maximum Gasteiger partial charge on any atom is 0.242 e. The summed E-state index contributed by atoms with van der Waals surface area (Å²) in [6.45, 7) is 4.15. The second-order valence-electron chi connectivity index (χ2n) is 4.83. The Bertz CT molecular complexity index is 711. The molecule has 21 heavy (non-hydrogen) atoms. The molecular weight excluding hydrogens is 266 g/mol. The van der Waals surface area contributed by atoms with E-state index < -0.39 is 0 Å². The van der Waals surface area contributed by atoms with E-state index in [4.69, 9.17) is 11.0 Å². The molecule has 0 saturated heterocycles. The van der Waals surface area contributed by atoms with Gasteiger partial charge in [-0.2, -0.15) is 10.4 Å². The van der Waals surface area contributed by atoms with Crippen molar-refractivity contribution < 1.29 is 4.79 Å². The normalized spacial score (nSPS) is 10.1. The maximum atomic E-state index is 11.9. The number of nitriles is 1. The van der Waals surface area contributed by atoms with Gasteiger partial charge in [-0.3, -0.25) is 9.48 Å². The molecule has 1 aromatic heterocycles. The van der Waals surface area contributed by atoms with Crippen LogP contribution in [-0.2, 0) is 17.9 Å². The number of nitrogen functional groups attached to an aromatic ring is 1. The van der Waals surface area contributed by atoms with Gasteiger partial charge in [0.1, 0.15) is 6.54 Å². The Morgan fingerprint density at radius 2 is 2.24 bits per heavy atom. The summed E-state index contributed by atoms with van der Waals surface area (Å²) in [4.78, 5) is 11.9. The average molecular weight is 283 g/mol. The number of aryl methyl sites for hydroxylation is 1. The van der Waals surface area contributed by atoms with Gasteiger partial charge in [0.05, 0.1) is 28.7 Å². The summed E-state index contributed by atoms with van der Waals surface area (Å²) in [6.07, 6.45) is 0. The van der Waals surface area contributed by atoms with Crippen molar-refractivity contribution in [2.24, 2.45) is 0 Å². The standard InChI is InChI=1S/C15H17N5O/c1-10-15(17)11(2)20(19-10)9-14(21)18-8-13-5-3-4-12(6-13)7-16/h3-6H,8-9,17H2,1-2H3,(H,18,21). The molecule has 2 aromatic rings. The molecule has 108 valence electrons. The molecule has 0 spiro atoms. The van der Waals surface area contributed by atoms with Crippen LogP contribution >= 0.6 is 0 Å². The van der Waals surface area contributed by atoms with E-state index in [9.17, 15) is 4.79 Å². The number of aromatic nitrogens is 2. The number of carbonyl (C=O) groups excluding carboxylic acids is 1. The third-order valence-corrected chi connectivity index (χ3v) is 3.28. The Kier molecular flexibility index (Phi) is 4.24. The number of nitrogens with one attached hydrogen (secondary N) is 1. The lowest BCUT2D eigenvalue weighted by Gasteiger charge is -2.07. The second-order valence-corrected chi connectivity index (χ2v) is 4.83. The SMILES string of the molecule is Cc1nn(CC(=O)NCc2cccc(C#N)c2)c(C)c1N. The van der Waals surface area contributed by atoms with Crippen molar-refractivity contribution in [3.63, 3.8) is 0 Å². The zero-order valence-electron chi connectivity index (χ0n) is 12.1. The van der Waals surface area contributed by atoms with Crippen molar-refractivity contribution in [2.45, 2.75) is 26.9 Å². The Balaban J connectivity index is 1.96. The first-order chi connectivity index (χ1) is 10.0. The Morgan fingerprint density at radius 1 is 1.48 bits per heavy atom. The van der Waals surface area contributed by atoms with E-state index in [0.29, 0.717) is 17.8 Å². The van der Waals surface area contributed by atoms with Crippen LogP contribution in [0.3, 0.4) is 0 Å². The quantitative estimate of drug-likeness (QED) is 0.883. The average Bonchev–Trinajstić information content (AvgIpc) is 2.72. The van der Waals surface area contributed by atoms with E-state index in [1.165, 1.54) is 0 Å². The Labute approximate surface area is 123 Å². The highest BCUT2D eigenvalue weighted by molar-refractivity contribution is 5.76. The van der Waals surface area contributed by atoms with Gasteiger partial charge in [0.15, 0.2) is 0 Å². The summed E-state index contributed by atoms with van der Waals surface area (Å²) in [5, 5.41) is 15.9. The van der Waals surface area contributed by atoms with Gasteiger partial charge in [0.25, 0.3) is 0 Å². The Hall–Kier alpha value is -2.81. The summed E-state index contributed by atoms with van der Waals surface area (Å²) >= 11 is 0. The number of hydrogen-bond donors (Lipinski definition) is 2. The predicted octanol–water partition coefficient (Wildman–Crippen LogP) is 1.27. The molecule has 0 atom stereocenters. The summed E-state index contributed by atoms with van der Waals surface area (Å²) in [5.41, 5.74) is 9.42. The van der Waals surface area contributed by atoms with E-state index in [1.807, 2.05) is 19.9 Å². The molecule has 1 amide bonds. The highest BCUT2D eigenvalue weighted by atomic mass is 16.2. The van der Waals surface area contributed by atoms with Crippen LogP contribution in [0.25, 0.3) is 0 Å². The number of nitrogens with two attached hydrogens (primary N) is 1. The van der Waals surface area contributed by atoms with Crippen LogP contribution in [0.5, 0.6) is 0 Å².